The molecule has 0 radical (unpaired) electrons. The summed E-state index contributed by atoms with van der Waals surface area (Å²) >= 11 is 0. The summed E-state index contributed by atoms with van der Waals surface area (Å²) in [4.78, 5) is 0. The van der Waals surface area contributed by atoms with E-state index in [4.69, 9.17) is 0 Å². The van der Waals surface area contributed by atoms with E-state index in [-0.39, 0.29) is 0 Å². The molecule has 0 amide bonds. The summed E-state index contributed by atoms with van der Waals surface area (Å²) in [7, 11) is -3.09. The molecule has 4 saturated carbocycles. The van der Waals surface area contributed by atoms with E-state index in [2.05, 4.69) is 32.4 Å². The molecule has 0 saturated heterocycles. The van der Waals surface area contributed by atoms with Gasteiger partial charge in [0.05, 0.1) is 6.26 Å². The maximum atomic E-state index is 11.6. The molecule has 0 aliphatic heterocycles. The van der Waals surface area contributed by atoms with Gasteiger partial charge in [0, 0.05) is 6.54 Å². The Labute approximate surface area is 173 Å². The van der Waals surface area contributed by atoms with E-state index < -0.39 is 10.0 Å². The van der Waals surface area contributed by atoms with E-state index in [0.29, 0.717) is 29.2 Å². The third-order valence-corrected chi connectivity index (χ3v) is 11.0. The third-order valence-electron chi connectivity index (χ3n) is 10.4. The van der Waals surface area contributed by atoms with Crippen LogP contribution in [-0.2, 0) is 10.0 Å². The lowest BCUT2D eigenvalue weighted by Crippen LogP contribution is -2.53. The third kappa shape index (κ3) is 3.49. The predicted octanol–water partition coefficient (Wildman–Crippen LogP) is 5.47. The Hall–Kier alpha value is -0.0900. The van der Waals surface area contributed by atoms with Crippen LogP contribution in [0.2, 0.25) is 0 Å². The van der Waals surface area contributed by atoms with E-state index in [0.717, 1.165) is 29.6 Å². The second-order valence-corrected chi connectivity index (χ2v) is 13.7. The zero-order valence-electron chi connectivity index (χ0n) is 18.8. The summed E-state index contributed by atoms with van der Waals surface area (Å²) in [5.41, 5.74) is 1.02. The lowest BCUT2D eigenvalue weighted by molar-refractivity contribution is -0.119. The monoisotopic (exact) mass is 409 g/mol. The largest absolute Gasteiger partial charge is 0.215 e. The normalized spacial score (nSPS) is 49.8. The molecule has 0 heterocycles. The van der Waals surface area contributed by atoms with Gasteiger partial charge in [0.2, 0.25) is 10.0 Å². The average Bonchev–Trinajstić information content (AvgIpc) is 2.97. The van der Waals surface area contributed by atoms with Gasteiger partial charge in [0.15, 0.2) is 0 Å². The van der Waals surface area contributed by atoms with E-state index in [1.807, 2.05) is 0 Å². The van der Waals surface area contributed by atoms with E-state index in [1.165, 1.54) is 64.0 Å². The van der Waals surface area contributed by atoms with Gasteiger partial charge in [-0.25, -0.2) is 13.1 Å². The Morgan fingerprint density at radius 2 is 1.64 bits per heavy atom. The van der Waals surface area contributed by atoms with Crippen LogP contribution in [0.1, 0.15) is 85.5 Å². The van der Waals surface area contributed by atoms with Crippen LogP contribution in [0, 0.1) is 52.3 Å². The van der Waals surface area contributed by atoms with Crippen LogP contribution in [0.3, 0.4) is 0 Å². The van der Waals surface area contributed by atoms with Crippen LogP contribution in [0.25, 0.3) is 0 Å². The first kappa shape index (κ1) is 21.2. The number of nitrogens with one attached hydrogen (secondary N) is 1. The minimum Gasteiger partial charge on any atom is -0.215 e. The fourth-order valence-corrected chi connectivity index (χ4v) is 9.44. The molecule has 9 atom stereocenters. The van der Waals surface area contributed by atoms with Crippen LogP contribution in [0.4, 0.5) is 0 Å². The van der Waals surface area contributed by atoms with E-state index >= 15 is 0 Å². The van der Waals surface area contributed by atoms with Crippen molar-refractivity contribution in [3.05, 3.63) is 0 Å². The highest BCUT2D eigenvalue weighted by Gasteiger charge is 2.60. The van der Waals surface area contributed by atoms with Gasteiger partial charge in [0.1, 0.15) is 0 Å². The minimum absolute atomic E-state index is 0.422. The maximum Gasteiger partial charge on any atom is 0.208 e. The minimum atomic E-state index is -3.09. The molecule has 0 spiro atoms. The Balaban J connectivity index is 1.50. The van der Waals surface area contributed by atoms with Crippen molar-refractivity contribution in [1.29, 1.82) is 0 Å². The zero-order valence-corrected chi connectivity index (χ0v) is 19.7. The van der Waals surface area contributed by atoms with Gasteiger partial charge in [-0.2, -0.15) is 0 Å². The molecule has 162 valence electrons. The molecular formula is C24H43NO2S. The maximum absolute atomic E-state index is 11.6. The van der Waals surface area contributed by atoms with Crippen molar-refractivity contribution in [2.75, 3.05) is 12.8 Å². The van der Waals surface area contributed by atoms with Crippen LogP contribution in [-0.4, -0.2) is 21.2 Å². The van der Waals surface area contributed by atoms with Crippen molar-refractivity contribution in [2.24, 2.45) is 52.3 Å². The molecule has 3 unspecified atom stereocenters. The second kappa shape index (κ2) is 7.25. The number of rotatable bonds is 4. The number of fused-ring (bicyclic) bond motifs is 5. The highest BCUT2D eigenvalue weighted by Crippen LogP contribution is 2.68. The first-order chi connectivity index (χ1) is 13.0. The smallest absolute Gasteiger partial charge is 0.208 e. The van der Waals surface area contributed by atoms with Crippen molar-refractivity contribution in [1.82, 2.24) is 4.72 Å². The molecule has 4 aliphatic carbocycles. The second-order valence-electron chi connectivity index (χ2n) is 11.9. The highest BCUT2D eigenvalue weighted by molar-refractivity contribution is 7.88. The topological polar surface area (TPSA) is 46.2 Å². The number of sulfonamides is 1. The fourth-order valence-electron chi connectivity index (χ4n) is 8.87. The molecule has 4 rings (SSSR count). The van der Waals surface area contributed by atoms with Crippen molar-refractivity contribution >= 4 is 10.0 Å². The lowest BCUT2D eigenvalue weighted by Gasteiger charge is -2.61. The molecule has 0 aromatic heterocycles. The summed E-state index contributed by atoms with van der Waals surface area (Å²) in [6.07, 6.45) is 14.0. The van der Waals surface area contributed by atoms with Crippen molar-refractivity contribution in [3.63, 3.8) is 0 Å². The zero-order chi connectivity index (χ0) is 20.3. The number of hydrogen-bond donors (Lipinski definition) is 1. The van der Waals surface area contributed by atoms with Crippen LogP contribution >= 0.6 is 0 Å². The molecular weight excluding hydrogens is 366 g/mol. The van der Waals surface area contributed by atoms with Crippen LogP contribution in [0.15, 0.2) is 0 Å². The van der Waals surface area contributed by atoms with Crippen molar-refractivity contribution in [3.8, 4) is 0 Å². The first-order valence-corrected chi connectivity index (χ1v) is 13.9. The quantitative estimate of drug-likeness (QED) is 0.669. The molecule has 1 N–H and O–H groups in total. The summed E-state index contributed by atoms with van der Waals surface area (Å²) < 4.78 is 26.0. The van der Waals surface area contributed by atoms with Gasteiger partial charge >= 0.3 is 0 Å². The van der Waals surface area contributed by atoms with Gasteiger partial charge in [-0.05, 0) is 104 Å². The molecule has 4 fully saturated rings. The highest BCUT2D eigenvalue weighted by atomic mass is 32.2. The van der Waals surface area contributed by atoms with Crippen molar-refractivity contribution in [2.45, 2.75) is 85.5 Å². The van der Waals surface area contributed by atoms with Crippen molar-refractivity contribution < 1.29 is 8.42 Å². The predicted molar refractivity (Wildman–Crippen MR) is 116 cm³/mol. The van der Waals surface area contributed by atoms with Crippen LogP contribution in [0.5, 0.6) is 0 Å². The first-order valence-electron chi connectivity index (χ1n) is 12.0. The Morgan fingerprint density at radius 1 is 0.964 bits per heavy atom. The standard InChI is InChI=1S/C24H43NO2S/c1-16-10-12-23(3)18(14-16)6-7-19-21-9-8-20(17(2)15-25-28(5,26)27)24(21,4)13-11-22(19)23/h16-22,25H,6-15H2,1-5H3/t16-,17-,18+,19?,20-,21?,22?,23+,24-/m1/s1. The summed E-state index contributed by atoms with van der Waals surface area (Å²) in [5, 5.41) is 0. The summed E-state index contributed by atoms with van der Waals surface area (Å²) in [6, 6.07) is 0. The Kier molecular flexibility index (Phi) is 5.48. The van der Waals surface area contributed by atoms with Gasteiger partial charge in [-0.15, -0.1) is 0 Å². The van der Waals surface area contributed by atoms with E-state index in [9.17, 15) is 8.42 Å². The van der Waals surface area contributed by atoms with Gasteiger partial charge < -0.3 is 0 Å². The molecule has 28 heavy (non-hydrogen) atoms. The fraction of sp³-hybridized carbons (Fsp3) is 1.00. The Bertz CT molecular complexity index is 691. The Morgan fingerprint density at radius 3 is 2.36 bits per heavy atom. The van der Waals surface area contributed by atoms with Gasteiger partial charge in [-0.3, -0.25) is 0 Å². The molecule has 0 bridgehead atoms. The van der Waals surface area contributed by atoms with Crippen LogP contribution < -0.4 is 4.72 Å². The average molecular weight is 410 g/mol. The van der Waals surface area contributed by atoms with E-state index in [1.54, 1.807) is 0 Å². The molecule has 0 aromatic rings. The SMILES string of the molecule is C[C@@H]1CC[C@]2(C)C3CC[C@@]4(C)C(CC[C@@H]4[C@H](C)CNS(C)(=O)=O)C3CC[C@H]2C1. The van der Waals surface area contributed by atoms with Gasteiger partial charge in [0.25, 0.3) is 0 Å². The lowest BCUT2D eigenvalue weighted by atomic mass is 9.44. The molecule has 4 heteroatoms. The summed E-state index contributed by atoms with van der Waals surface area (Å²) in [5.74, 6) is 5.75. The molecule has 4 aliphatic rings. The molecule has 0 aromatic carbocycles. The summed E-state index contributed by atoms with van der Waals surface area (Å²) in [6.45, 7) is 10.6. The molecule has 3 nitrogen and oxygen atoms in total. The number of hydrogen-bond acceptors (Lipinski definition) is 2. The van der Waals surface area contributed by atoms with Gasteiger partial charge in [-0.1, -0.05) is 34.1 Å².